The molecule has 0 bridgehead atoms. The van der Waals surface area contributed by atoms with Crippen LogP contribution in [-0.2, 0) is 23.1 Å². The molecule has 2 aliphatic heterocycles. The molecule has 8 N–H and O–H groups in total. The summed E-state index contributed by atoms with van der Waals surface area (Å²) in [6.45, 7) is -1.86. The van der Waals surface area contributed by atoms with Crippen molar-refractivity contribution in [1.82, 2.24) is 29.1 Å². The Kier molecular flexibility index (Phi) is 7.21. The number of fused-ring (bicyclic) bond motifs is 1. The molecule has 40 heavy (non-hydrogen) atoms. The van der Waals surface area contributed by atoms with Crippen LogP contribution in [0.4, 0.5) is 20.5 Å². The average Bonchev–Trinajstić information content (AvgIpc) is 3.52. The number of ether oxygens (including phenoxy) is 2. The Bertz CT molecular complexity index is 1580. The number of nitrogens with two attached hydrogens (primary N) is 2. The smallest absolute Gasteiger partial charge is 0.394 e. The highest BCUT2D eigenvalue weighted by atomic mass is 31.2. The molecule has 0 radical (unpaired) electrons. The van der Waals surface area contributed by atoms with Gasteiger partial charge in [0.25, 0.3) is 5.56 Å². The lowest BCUT2D eigenvalue weighted by Crippen LogP contribution is -2.43. The Hall–Kier alpha value is -3.36. The minimum Gasteiger partial charge on any atom is -0.394 e. The molecule has 0 aliphatic carbocycles. The second-order valence-corrected chi connectivity index (χ2v) is 10.3. The highest BCUT2D eigenvalue weighted by Gasteiger charge is 2.63. The summed E-state index contributed by atoms with van der Waals surface area (Å²) in [5.74, 6) is -4.55. The summed E-state index contributed by atoms with van der Waals surface area (Å²) in [5, 5.41) is 19.9. The summed E-state index contributed by atoms with van der Waals surface area (Å²) in [5.41, 5.74) is 9.14. The lowest BCUT2D eigenvalue weighted by Gasteiger charge is -2.26. The summed E-state index contributed by atoms with van der Waals surface area (Å²) in [7, 11) is -5.30. The molecule has 0 spiro atoms. The molecule has 2 aliphatic rings. The van der Waals surface area contributed by atoms with Crippen molar-refractivity contribution in [2.75, 3.05) is 24.7 Å². The lowest BCUT2D eigenvalue weighted by atomic mass is 10.1. The first-order valence-electron chi connectivity index (χ1n) is 11.5. The van der Waals surface area contributed by atoms with Crippen LogP contribution in [0.2, 0.25) is 0 Å². The number of nitrogens with one attached hydrogen (secondary N) is 1. The van der Waals surface area contributed by atoms with E-state index in [1.54, 1.807) is 0 Å². The van der Waals surface area contributed by atoms with Crippen molar-refractivity contribution in [1.29, 1.82) is 0 Å². The largest absolute Gasteiger partial charge is 0.472 e. The third kappa shape index (κ3) is 5.10. The van der Waals surface area contributed by atoms with Gasteiger partial charge in [-0.25, -0.2) is 14.3 Å². The number of hydrogen-bond acceptors (Lipinski definition) is 14. The predicted molar refractivity (Wildman–Crippen MR) is 127 cm³/mol. The zero-order chi connectivity index (χ0) is 29.0. The Morgan fingerprint density at radius 3 is 2.67 bits per heavy atom. The number of anilines is 2. The molecule has 0 saturated carbocycles. The standard InChI is InChI=1S/C19H23F2N8O10P/c20-19(21)13(8(4-30)38-16(19)28-2-1-10(22)25-18(28)33)39-40(34,35)36-5-9-7(31)3-11(37-9)29-6-24-12-14(29)26-17(23)27-15(12)32/h1-2,6-9,11,13,16,30-31H,3-5H2,(H,34,35)(H2,22,25,33)(H3,23,26,27,32)/t7-,8+,9+,11+,13+,16+/m0/s1. The SMILES string of the molecule is Nc1ccn([C@@H]2O[C@H](CO)[C@@H](OP(=O)(O)OC[C@H]3O[C@@H](n4cnc5c(=O)[nH]c(N)nc54)C[C@@H]3O)C2(F)F)c(=O)n1. The molecule has 2 saturated heterocycles. The minimum atomic E-state index is -5.30. The fourth-order valence-electron chi connectivity index (χ4n) is 4.38. The van der Waals surface area contributed by atoms with Crippen LogP contribution in [0.25, 0.3) is 11.2 Å². The number of aromatic amines is 1. The van der Waals surface area contributed by atoms with E-state index in [-0.39, 0.29) is 29.4 Å². The predicted octanol–water partition coefficient (Wildman–Crippen LogP) is -1.78. The van der Waals surface area contributed by atoms with Crippen LogP contribution in [0.1, 0.15) is 18.9 Å². The molecule has 18 nitrogen and oxygen atoms in total. The second kappa shape index (κ2) is 10.2. The van der Waals surface area contributed by atoms with Crippen molar-refractivity contribution in [2.45, 2.75) is 49.2 Å². The van der Waals surface area contributed by atoms with Crippen molar-refractivity contribution in [3.05, 3.63) is 39.4 Å². The van der Waals surface area contributed by atoms with E-state index in [0.29, 0.717) is 4.57 Å². The van der Waals surface area contributed by atoms with Gasteiger partial charge < -0.3 is 36.0 Å². The zero-order valence-corrected chi connectivity index (χ0v) is 21.0. The number of nitrogens with zero attached hydrogens (tertiary/aromatic N) is 5. The van der Waals surface area contributed by atoms with Crippen LogP contribution < -0.4 is 22.7 Å². The number of rotatable bonds is 8. The van der Waals surface area contributed by atoms with E-state index in [2.05, 4.69) is 24.5 Å². The topological polar surface area (TPSA) is 265 Å². The number of imidazole rings is 1. The minimum absolute atomic E-state index is 0.0475. The van der Waals surface area contributed by atoms with Gasteiger partial charge >= 0.3 is 19.4 Å². The molecule has 5 heterocycles. The van der Waals surface area contributed by atoms with E-state index in [9.17, 15) is 29.3 Å². The summed E-state index contributed by atoms with van der Waals surface area (Å²) < 4.78 is 65.0. The summed E-state index contributed by atoms with van der Waals surface area (Å²) in [6, 6.07) is 1.05. The average molecular weight is 592 g/mol. The Labute approximate surface area is 220 Å². The lowest BCUT2D eigenvalue weighted by molar-refractivity contribution is -0.140. The van der Waals surface area contributed by atoms with Crippen LogP contribution in [0.5, 0.6) is 0 Å². The highest BCUT2D eigenvalue weighted by Crippen LogP contribution is 2.53. The zero-order valence-electron chi connectivity index (χ0n) is 20.1. The first-order valence-corrected chi connectivity index (χ1v) is 13.0. The molecule has 5 rings (SSSR count). The molecule has 3 aromatic rings. The number of aliphatic hydroxyl groups is 2. The van der Waals surface area contributed by atoms with Gasteiger partial charge in [-0.1, -0.05) is 0 Å². The Balaban J connectivity index is 1.27. The van der Waals surface area contributed by atoms with Crippen molar-refractivity contribution in [3.8, 4) is 0 Å². The van der Waals surface area contributed by atoms with Gasteiger partial charge in [-0.3, -0.25) is 28.0 Å². The van der Waals surface area contributed by atoms with E-state index < -0.39 is 75.1 Å². The second-order valence-electron chi connectivity index (χ2n) is 8.92. The van der Waals surface area contributed by atoms with Gasteiger partial charge in [-0.15, -0.1) is 0 Å². The molecule has 3 aromatic heterocycles. The molecule has 1 unspecified atom stereocenters. The van der Waals surface area contributed by atoms with Crippen LogP contribution in [0.3, 0.4) is 0 Å². The van der Waals surface area contributed by atoms with E-state index in [1.165, 1.54) is 10.9 Å². The Morgan fingerprint density at radius 2 is 1.98 bits per heavy atom. The fraction of sp³-hybridized carbons (Fsp3) is 0.526. The molecule has 218 valence electrons. The number of alkyl halides is 2. The van der Waals surface area contributed by atoms with E-state index in [0.717, 1.165) is 12.3 Å². The number of aromatic nitrogens is 6. The number of aliphatic hydroxyl groups excluding tert-OH is 2. The van der Waals surface area contributed by atoms with Gasteiger partial charge in [-0.2, -0.15) is 18.7 Å². The maximum absolute atomic E-state index is 15.2. The third-order valence-corrected chi connectivity index (χ3v) is 7.22. The molecule has 21 heteroatoms. The normalized spacial score (nSPS) is 29.6. The van der Waals surface area contributed by atoms with Gasteiger partial charge in [0.05, 0.1) is 25.6 Å². The van der Waals surface area contributed by atoms with E-state index in [4.69, 9.17) is 25.5 Å². The quantitative estimate of drug-likeness (QED) is 0.158. The van der Waals surface area contributed by atoms with Gasteiger partial charge in [0.1, 0.15) is 24.3 Å². The van der Waals surface area contributed by atoms with Crippen LogP contribution in [0, 0.1) is 0 Å². The first-order chi connectivity index (χ1) is 18.8. The van der Waals surface area contributed by atoms with E-state index >= 15 is 8.78 Å². The van der Waals surface area contributed by atoms with Gasteiger partial charge in [0.2, 0.25) is 12.2 Å². The van der Waals surface area contributed by atoms with E-state index in [1.807, 2.05) is 0 Å². The fourth-order valence-corrected chi connectivity index (χ4v) is 5.34. The Morgan fingerprint density at radius 1 is 1.23 bits per heavy atom. The molecule has 0 aromatic carbocycles. The number of nitrogen functional groups attached to an aromatic ring is 2. The monoisotopic (exact) mass is 592 g/mol. The number of halogens is 2. The van der Waals surface area contributed by atoms with Crippen LogP contribution in [-0.4, -0.2) is 87.7 Å². The molecule has 7 atom stereocenters. The van der Waals surface area contributed by atoms with Crippen molar-refractivity contribution < 1.29 is 47.0 Å². The summed E-state index contributed by atoms with van der Waals surface area (Å²) >= 11 is 0. The summed E-state index contributed by atoms with van der Waals surface area (Å²) in [4.78, 5) is 47.8. The first kappa shape index (κ1) is 28.2. The number of phosphoric acid groups is 1. The third-order valence-electron chi connectivity index (χ3n) is 6.25. The summed E-state index contributed by atoms with van der Waals surface area (Å²) in [6.07, 6.45) is -8.16. The van der Waals surface area contributed by atoms with Gasteiger partial charge in [-0.05, 0) is 6.07 Å². The maximum Gasteiger partial charge on any atom is 0.472 e. The molecular formula is C19H23F2N8O10P. The highest BCUT2D eigenvalue weighted by molar-refractivity contribution is 7.47. The van der Waals surface area contributed by atoms with Crippen molar-refractivity contribution in [2.24, 2.45) is 0 Å². The van der Waals surface area contributed by atoms with Crippen molar-refractivity contribution >= 4 is 30.8 Å². The van der Waals surface area contributed by atoms with Crippen LogP contribution in [0.15, 0.2) is 28.2 Å². The number of H-pyrrole nitrogens is 1. The molecule has 0 amide bonds. The molecule has 2 fully saturated rings. The van der Waals surface area contributed by atoms with Crippen LogP contribution >= 0.6 is 7.82 Å². The maximum atomic E-state index is 15.2. The van der Waals surface area contributed by atoms with Gasteiger partial charge in [0.15, 0.2) is 17.3 Å². The molecular weight excluding hydrogens is 569 g/mol. The van der Waals surface area contributed by atoms with Crippen molar-refractivity contribution in [3.63, 3.8) is 0 Å². The number of phosphoric ester groups is 1. The number of hydrogen-bond donors (Lipinski definition) is 6. The van der Waals surface area contributed by atoms with Gasteiger partial charge in [0, 0.05) is 12.6 Å².